The van der Waals surface area contributed by atoms with Crippen LogP contribution in [-0.4, -0.2) is 33.9 Å². The third-order valence-corrected chi connectivity index (χ3v) is 4.52. The average Bonchev–Trinajstić information content (AvgIpc) is 3.37. The number of hydrogen-bond donors (Lipinski definition) is 3. The molecule has 0 unspecified atom stereocenters. The van der Waals surface area contributed by atoms with Crippen LogP contribution in [0.5, 0.6) is 0 Å². The Morgan fingerprint density at radius 2 is 1.96 bits per heavy atom. The van der Waals surface area contributed by atoms with Gasteiger partial charge >= 0.3 is 0 Å². The third kappa shape index (κ3) is 3.59. The fourth-order valence-corrected chi connectivity index (χ4v) is 2.97. The number of amides is 2. The van der Waals surface area contributed by atoms with E-state index in [9.17, 15) is 9.59 Å². The van der Waals surface area contributed by atoms with Gasteiger partial charge in [0, 0.05) is 30.2 Å². The van der Waals surface area contributed by atoms with E-state index in [-0.39, 0.29) is 17.9 Å². The summed E-state index contributed by atoms with van der Waals surface area (Å²) in [6, 6.07) is 13.0. The molecule has 0 aliphatic heterocycles. The molecule has 0 spiro atoms. The van der Waals surface area contributed by atoms with Crippen molar-refractivity contribution in [3.63, 3.8) is 0 Å². The molecule has 1 saturated carbocycles. The van der Waals surface area contributed by atoms with Crippen LogP contribution in [0.2, 0.25) is 0 Å². The predicted octanol–water partition coefficient (Wildman–Crippen LogP) is 2.18. The van der Waals surface area contributed by atoms with E-state index in [4.69, 9.17) is 0 Å². The van der Waals surface area contributed by atoms with E-state index < -0.39 is 6.04 Å². The summed E-state index contributed by atoms with van der Waals surface area (Å²) in [6.45, 7) is 0. The Hall–Kier alpha value is -3.15. The highest BCUT2D eigenvalue weighted by molar-refractivity contribution is 6.07. The Bertz CT molecular complexity index is 931. The summed E-state index contributed by atoms with van der Waals surface area (Å²) in [4.78, 5) is 32.6. The van der Waals surface area contributed by atoms with Crippen LogP contribution in [0.3, 0.4) is 0 Å². The number of fused-ring (bicyclic) bond motifs is 1. The number of carbonyl (C=O) groups is 2. The van der Waals surface area contributed by atoms with Crippen LogP contribution in [0.25, 0.3) is 11.0 Å². The zero-order chi connectivity index (χ0) is 17.9. The fourth-order valence-electron chi connectivity index (χ4n) is 2.97. The number of rotatable bonds is 6. The molecule has 2 heterocycles. The number of pyridine rings is 1. The summed E-state index contributed by atoms with van der Waals surface area (Å²) >= 11 is 0. The molecule has 6 heteroatoms. The minimum Gasteiger partial charge on any atom is -0.352 e. The Kier molecular flexibility index (Phi) is 4.39. The highest BCUT2D eigenvalue weighted by atomic mass is 16.2. The molecule has 0 bridgehead atoms. The quantitative estimate of drug-likeness (QED) is 0.638. The molecule has 0 saturated heterocycles. The average molecular weight is 348 g/mol. The predicted molar refractivity (Wildman–Crippen MR) is 98.7 cm³/mol. The molecule has 6 nitrogen and oxygen atoms in total. The van der Waals surface area contributed by atoms with Crippen LogP contribution in [0, 0.1) is 0 Å². The molecule has 1 atom stereocenters. The number of H-pyrrole nitrogens is 1. The Morgan fingerprint density at radius 3 is 2.73 bits per heavy atom. The van der Waals surface area contributed by atoms with E-state index in [0.29, 0.717) is 17.6 Å². The largest absolute Gasteiger partial charge is 0.352 e. The Morgan fingerprint density at radius 1 is 1.15 bits per heavy atom. The number of carbonyl (C=O) groups excluding carboxylic acids is 2. The van der Waals surface area contributed by atoms with Crippen LogP contribution >= 0.6 is 0 Å². The minimum atomic E-state index is -0.618. The number of nitrogens with zero attached hydrogens (tertiary/aromatic N) is 1. The molecule has 1 aliphatic carbocycles. The standard InChI is InChI=1S/C20H20N4O2/c25-19(16-12-22-18-15(16)7-4-10-21-18)24-17(20(26)23-14-8-9-14)11-13-5-2-1-3-6-13/h1-7,10,12,14,17H,8-9,11H2,(H,21,22)(H,23,26)(H,24,25)/t17-/m0/s1. The molecule has 1 aliphatic rings. The third-order valence-electron chi connectivity index (χ3n) is 4.52. The number of benzene rings is 1. The van der Waals surface area contributed by atoms with Crippen molar-refractivity contribution in [3.05, 3.63) is 66.0 Å². The smallest absolute Gasteiger partial charge is 0.254 e. The van der Waals surface area contributed by atoms with E-state index in [1.807, 2.05) is 36.4 Å². The number of aromatic nitrogens is 2. The summed E-state index contributed by atoms with van der Waals surface area (Å²) in [5.74, 6) is -0.418. The highest BCUT2D eigenvalue weighted by Crippen LogP contribution is 2.19. The first kappa shape index (κ1) is 16.3. The first-order chi connectivity index (χ1) is 12.7. The van der Waals surface area contributed by atoms with Gasteiger partial charge in [0.25, 0.3) is 5.91 Å². The van der Waals surface area contributed by atoms with Gasteiger partial charge in [0.05, 0.1) is 5.56 Å². The highest BCUT2D eigenvalue weighted by Gasteiger charge is 2.29. The lowest BCUT2D eigenvalue weighted by molar-refractivity contribution is -0.123. The van der Waals surface area contributed by atoms with Crippen LogP contribution in [0.4, 0.5) is 0 Å². The summed E-state index contributed by atoms with van der Waals surface area (Å²) in [6.07, 6.45) is 5.76. The van der Waals surface area contributed by atoms with Gasteiger partial charge in [-0.2, -0.15) is 0 Å². The van der Waals surface area contributed by atoms with E-state index >= 15 is 0 Å². The first-order valence-electron chi connectivity index (χ1n) is 8.78. The molecule has 26 heavy (non-hydrogen) atoms. The SMILES string of the molecule is O=C(N[C@@H](Cc1ccccc1)C(=O)NC1CC1)c1c[nH]c2ncccc12. The summed E-state index contributed by atoms with van der Waals surface area (Å²) in [5, 5.41) is 6.62. The molecule has 132 valence electrons. The Balaban J connectivity index is 1.54. The molecule has 1 aromatic carbocycles. The molecular weight excluding hydrogens is 328 g/mol. The second-order valence-corrected chi connectivity index (χ2v) is 6.60. The lowest BCUT2D eigenvalue weighted by Crippen LogP contribution is -2.48. The molecule has 2 amide bonds. The van der Waals surface area contributed by atoms with Crippen molar-refractivity contribution in [1.82, 2.24) is 20.6 Å². The summed E-state index contributed by atoms with van der Waals surface area (Å²) in [7, 11) is 0. The van der Waals surface area contributed by atoms with Gasteiger partial charge in [0.15, 0.2) is 0 Å². The normalized spacial score (nSPS) is 14.8. The van der Waals surface area contributed by atoms with Crippen molar-refractivity contribution in [2.24, 2.45) is 0 Å². The monoisotopic (exact) mass is 348 g/mol. The van der Waals surface area contributed by atoms with Crippen molar-refractivity contribution in [1.29, 1.82) is 0 Å². The zero-order valence-corrected chi connectivity index (χ0v) is 14.2. The van der Waals surface area contributed by atoms with E-state index in [0.717, 1.165) is 23.8 Å². The molecular formula is C20H20N4O2. The topological polar surface area (TPSA) is 86.9 Å². The molecule has 3 N–H and O–H groups in total. The number of hydrogen-bond acceptors (Lipinski definition) is 3. The van der Waals surface area contributed by atoms with Crippen molar-refractivity contribution in [2.75, 3.05) is 0 Å². The van der Waals surface area contributed by atoms with Crippen LogP contribution in [-0.2, 0) is 11.2 Å². The Labute approximate surface area is 151 Å². The summed E-state index contributed by atoms with van der Waals surface area (Å²) in [5.41, 5.74) is 2.15. The zero-order valence-electron chi connectivity index (χ0n) is 14.2. The van der Waals surface area contributed by atoms with Crippen LogP contribution in [0.15, 0.2) is 54.9 Å². The van der Waals surface area contributed by atoms with Gasteiger partial charge in [-0.05, 0) is 30.5 Å². The van der Waals surface area contributed by atoms with Gasteiger partial charge in [-0.3, -0.25) is 9.59 Å². The molecule has 1 fully saturated rings. The first-order valence-corrected chi connectivity index (χ1v) is 8.78. The number of nitrogens with one attached hydrogen (secondary N) is 3. The van der Waals surface area contributed by atoms with Crippen molar-refractivity contribution < 1.29 is 9.59 Å². The van der Waals surface area contributed by atoms with Crippen LogP contribution < -0.4 is 10.6 Å². The van der Waals surface area contributed by atoms with Gasteiger partial charge in [-0.15, -0.1) is 0 Å². The van der Waals surface area contributed by atoms with Crippen LogP contribution in [0.1, 0.15) is 28.8 Å². The van der Waals surface area contributed by atoms with Gasteiger partial charge in [-0.1, -0.05) is 30.3 Å². The van der Waals surface area contributed by atoms with Crippen molar-refractivity contribution in [3.8, 4) is 0 Å². The number of aromatic amines is 1. The van der Waals surface area contributed by atoms with Gasteiger partial charge in [-0.25, -0.2) is 4.98 Å². The van der Waals surface area contributed by atoms with E-state index in [1.165, 1.54) is 0 Å². The molecule has 2 aromatic heterocycles. The summed E-state index contributed by atoms with van der Waals surface area (Å²) < 4.78 is 0. The molecule has 3 aromatic rings. The second kappa shape index (κ2) is 7.00. The fraction of sp³-hybridized carbons (Fsp3) is 0.250. The van der Waals surface area contributed by atoms with E-state index in [1.54, 1.807) is 18.5 Å². The van der Waals surface area contributed by atoms with Crippen molar-refractivity contribution in [2.45, 2.75) is 31.3 Å². The van der Waals surface area contributed by atoms with Crippen molar-refractivity contribution >= 4 is 22.8 Å². The van der Waals surface area contributed by atoms with Gasteiger partial charge < -0.3 is 15.6 Å². The molecule has 0 radical (unpaired) electrons. The second-order valence-electron chi connectivity index (χ2n) is 6.60. The maximum atomic E-state index is 12.8. The molecule has 4 rings (SSSR count). The lowest BCUT2D eigenvalue weighted by atomic mass is 10.0. The van der Waals surface area contributed by atoms with Gasteiger partial charge in [0.2, 0.25) is 5.91 Å². The maximum absolute atomic E-state index is 12.8. The van der Waals surface area contributed by atoms with Gasteiger partial charge in [0.1, 0.15) is 11.7 Å². The lowest BCUT2D eigenvalue weighted by Gasteiger charge is -2.18. The maximum Gasteiger partial charge on any atom is 0.254 e. The minimum absolute atomic E-state index is 0.136. The van der Waals surface area contributed by atoms with E-state index in [2.05, 4.69) is 20.6 Å².